The minimum Gasteiger partial charge on any atom is -0.218 e. The molecule has 0 aliphatic carbocycles. The molecule has 0 unspecified atom stereocenters. The minimum atomic E-state index is -6.07. The molecule has 0 bridgehead atoms. The lowest BCUT2D eigenvalue weighted by Crippen LogP contribution is -2.50. The average Bonchev–Trinajstić information content (AvgIpc) is 2.12. The van der Waals surface area contributed by atoms with E-state index in [2.05, 4.69) is 0 Å². The number of hydrogen-bond acceptors (Lipinski definition) is 0. The van der Waals surface area contributed by atoms with E-state index >= 15 is 0 Å². The van der Waals surface area contributed by atoms with Crippen molar-refractivity contribution in [2.75, 3.05) is 0 Å². The predicted octanol–water partition coefficient (Wildman–Crippen LogP) is 4.89. The monoisotopic (exact) mass is 386 g/mol. The Hall–Kier alpha value is -0.540. The Bertz CT molecular complexity index is 433. The van der Waals surface area contributed by atoms with Crippen LogP contribution in [0.1, 0.15) is 11.1 Å². The van der Waals surface area contributed by atoms with E-state index in [9.17, 15) is 30.7 Å². The first kappa shape index (κ1) is 15.5. The highest BCUT2D eigenvalue weighted by atomic mass is 127. The Morgan fingerprint density at radius 3 is 1.67 bits per heavy atom. The summed E-state index contributed by atoms with van der Waals surface area (Å²) in [5.74, 6) is 0. The molecule has 0 heterocycles. The molecule has 1 aromatic rings. The summed E-state index contributed by atoms with van der Waals surface area (Å²) < 4.78 is 88.9. The number of aryl methyl sites for hydroxylation is 1. The van der Waals surface area contributed by atoms with Crippen LogP contribution in [-0.4, -0.2) is 12.4 Å². The Morgan fingerprint density at radius 2 is 1.33 bits per heavy atom. The Balaban J connectivity index is 3.56. The van der Waals surface area contributed by atoms with Gasteiger partial charge in [0, 0.05) is 9.13 Å². The van der Waals surface area contributed by atoms with E-state index in [1.165, 1.54) is 0 Å². The number of alkyl halides is 7. The van der Waals surface area contributed by atoms with E-state index in [4.69, 9.17) is 0 Å². The van der Waals surface area contributed by atoms with Gasteiger partial charge in [-0.2, -0.15) is 26.3 Å². The molecule has 0 nitrogen and oxygen atoms in total. The van der Waals surface area contributed by atoms with Gasteiger partial charge in [0.2, 0.25) is 0 Å². The van der Waals surface area contributed by atoms with Gasteiger partial charge in [-0.15, -0.1) is 0 Å². The zero-order valence-corrected chi connectivity index (χ0v) is 10.9. The maximum Gasteiger partial charge on any atom is 0.435 e. The summed E-state index contributed by atoms with van der Waals surface area (Å²) in [4.78, 5) is 0. The maximum atomic E-state index is 13.7. The molecule has 0 saturated heterocycles. The third-order valence-corrected chi connectivity index (χ3v) is 3.01. The fourth-order valence-corrected chi connectivity index (χ4v) is 2.13. The number of benzene rings is 1. The van der Waals surface area contributed by atoms with Crippen LogP contribution in [-0.2, 0) is 5.67 Å². The van der Waals surface area contributed by atoms with Crippen LogP contribution in [0.4, 0.5) is 30.7 Å². The lowest BCUT2D eigenvalue weighted by atomic mass is 9.90. The molecule has 0 fully saturated rings. The van der Waals surface area contributed by atoms with Gasteiger partial charge in [0.1, 0.15) is 0 Å². The minimum absolute atomic E-state index is 0.404. The first-order chi connectivity index (χ1) is 7.91. The topological polar surface area (TPSA) is 0 Å². The number of hydrogen-bond donors (Lipinski definition) is 0. The summed E-state index contributed by atoms with van der Waals surface area (Å²) in [6.45, 7) is 1.00. The van der Waals surface area contributed by atoms with Crippen LogP contribution in [0.25, 0.3) is 0 Å². The van der Waals surface area contributed by atoms with Gasteiger partial charge >= 0.3 is 18.0 Å². The highest BCUT2D eigenvalue weighted by molar-refractivity contribution is 14.1. The molecule has 0 aliphatic heterocycles. The van der Waals surface area contributed by atoms with Crippen molar-refractivity contribution in [1.82, 2.24) is 0 Å². The van der Waals surface area contributed by atoms with Crippen LogP contribution in [0, 0.1) is 10.5 Å². The van der Waals surface area contributed by atoms with Crippen molar-refractivity contribution in [2.45, 2.75) is 24.9 Å². The average molecular weight is 386 g/mol. The van der Waals surface area contributed by atoms with Crippen LogP contribution in [0.15, 0.2) is 18.2 Å². The SMILES string of the molecule is Cc1cc(I)ccc1C(F)(C(F)(F)F)C(F)(F)F. The van der Waals surface area contributed by atoms with Crippen LogP contribution >= 0.6 is 22.6 Å². The Kier molecular flexibility index (Phi) is 3.91. The molecule has 18 heavy (non-hydrogen) atoms. The zero-order chi connectivity index (χ0) is 14.4. The molecule has 1 rings (SSSR count). The van der Waals surface area contributed by atoms with Crippen LogP contribution in [0.5, 0.6) is 0 Å². The molecular weight excluding hydrogens is 380 g/mol. The number of rotatable bonds is 1. The van der Waals surface area contributed by atoms with Crippen molar-refractivity contribution in [3.05, 3.63) is 32.9 Å². The first-order valence-corrected chi connectivity index (χ1v) is 5.58. The molecule has 0 aliphatic rings. The summed E-state index contributed by atoms with van der Waals surface area (Å²) in [5.41, 5.74) is -7.18. The summed E-state index contributed by atoms with van der Waals surface area (Å²) in [6.07, 6.45) is -12.1. The fraction of sp³-hybridized carbons (Fsp3) is 0.400. The van der Waals surface area contributed by atoms with Gasteiger partial charge in [0.05, 0.1) is 0 Å². The summed E-state index contributed by atoms with van der Waals surface area (Å²) >= 11 is 1.71. The van der Waals surface area contributed by atoms with Gasteiger partial charge in [0.25, 0.3) is 0 Å². The molecule has 0 spiro atoms. The van der Waals surface area contributed by atoms with E-state index in [-0.39, 0.29) is 0 Å². The molecule has 0 N–H and O–H groups in total. The normalized spacial score (nSPS) is 13.8. The third kappa shape index (κ3) is 2.43. The fourth-order valence-electron chi connectivity index (χ4n) is 1.48. The van der Waals surface area contributed by atoms with Crippen molar-refractivity contribution < 1.29 is 30.7 Å². The van der Waals surface area contributed by atoms with Gasteiger partial charge in [-0.1, -0.05) is 6.07 Å². The Labute approximate surface area is 111 Å². The molecule has 8 heteroatoms. The summed E-state index contributed by atoms with van der Waals surface area (Å²) in [5, 5.41) is 0. The molecule has 0 amide bonds. The highest BCUT2D eigenvalue weighted by Gasteiger charge is 2.73. The lowest BCUT2D eigenvalue weighted by molar-refractivity contribution is -0.348. The van der Waals surface area contributed by atoms with E-state index in [1.54, 1.807) is 22.6 Å². The standard InChI is InChI=1S/C10H6F7I/c1-5-4-6(18)2-3-7(5)8(11,9(12,13)14)10(15,16)17/h2-4H,1H3. The predicted molar refractivity (Wildman–Crippen MR) is 58.8 cm³/mol. The molecule has 0 saturated carbocycles. The Morgan fingerprint density at radius 1 is 0.889 bits per heavy atom. The van der Waals surface area contributed by atoms with E-state index in [0.29, 0.717) is 9.64 Å². The van der Waals surface area contributed by atoms with Gasteiger partial charge in [0.15, 0.2) is 0 Å². The molecule has 0 radical (unpaired) electrons. The van der Waals surface area contributed by atoms with Crippen LogP contribution in [0.3, 0.4) is 0 Å². The van der Waals surface area contributed by atoms with E-state index < -0.39 is 29.1 Å². The molecule has 102 valence electrons. The van der Waals surface area contributed by atoms with Crippen molar-refractivity contribution in [3.8, 4) is 0 Å². The van der Waals surface area contributed by atoms with Gasteiger partial charge in [-0.05, 0) is 47.2 Å². The second-order valence-corrected chi connectivity index (χ2v) is 4.86. The van der Waals surface area contributed by atoms with Crippen molar-refractivity contribution in [1.29, 1.82) is 0 Å². The number of halogens is 8. The third-order valence-electron chi connectivity index (χ3n) is 2.34. The second-order valence-electron chi connectivity index (χ2n) is 3.61. The smallest absolute Gasteiger partial charge is 0.218 e. The van der Waals surface area contributed by atoms with Crippen molar-refractivity contribution >= 4 is 22.6 Å². The maximum absolute atomic E-state index is 13.7. The van der Waals surface area contributed by atoms with Crippen LogP contribution < -0.4 is 0 Å². The van der Waals surface area contributed by atoms with Gasteiger partial charge < -0.3 is 0 Å². The first-order valence-electron chi connectivity index (χ1n) is 4.50. The van der Waals surface area contributed by atoms with Crippen molar-refractivity contribution in [3.63, 3.8) is 0 Å². The van der Waals surface area contributed by atoms with Gasteiger partial charge in [-0.3, -0.25) is 0 Å². The van der Waals surface area contributed by atoms with E-state index in [1.807, 2.05) is 0 Å². The van der Waals surface area contributed by atoms with E-state index in [0.717, 1.165) is 19.1 Å². The summed E-state index contributed by atoms with van der Waals surface area (Å²) in [6, 6.07) is 2.56. The highest BCUT2D eigenvalue weighted by Crippen LogP contribution is 2.53. The lowest BCUT2D eigenvalue weighted by Gasteiger charge is -2.31. The molecular formula is C10H6F7I. The second kappa shape index (κ2) is 4.53. The van der Waals surface area contributed by atoms with Crippen LogP contribution in [0.2, 0.25) is 0 Å². The zero-order valence-electron chi connectivity index (χ0n) is 8.76. The molecule has 0 aromatic heterocycles. The molecule has 1 aromatic carbocycles. The largest absolute Gasteiger partial charge is 0.435 e. The van der Waals surface area contributed by atoms with Crippen molar-refractivity contribution in [2.24, 2.45) is 0 Å². The van der Waals surface area contributed by atoms with Gasteiger partial charge in [-0.25, -0.2) is 4.39 Å². The summed E-state index contributed by atoms with van der Waals surface area (Å²) in [7, 11) is 0. The quantitative estimate of drug-likeness (QED) is 0.477. The molecule has 0 atom stereocenters.